The first kappa shape index (κ1) is 22.0. The van der Waals surface area contributed by atoms with Crippen molar-refractivity contribution in [2.75, 3.05) is 13.6 Å². The van der Waals surface area contributed by atoms with Gasteiger partial charge >= 0.3 is 0 Å². The molecule has 0 unspecified atom stereocenters. The molecule has 4 aromatic rings. The van der Waals surface area contributed by atoms with Gasteiger partial charge in [0.15, 0.2) is 5.96 Å². The van der Waals surface area contributed by atoms with Crippen LogP contribution in [0.2, 0.25) is 0 Å². The maximum Gasteiger partial charge on any atom is 0.219 e. The van der Waals surface area contributed by atoms with Gasteiger partial charge in [-0.2, -0.15) is 5.10 Å². The summed E-state index contributed by atoms with van der Waals surface area (Å²) in [4.78, 5) is 8.50. The lowest BCUT2D eigenvalue weighted by Gasteiger charge is -2.13. The Hall–Kier alpha value is -4.20. The number of guanidine groups is 1. The maximum absolute atomic E-state index is 13.1. The molecule has 0 saturated heterocycles. The third kappa shape index (κ3) is 6.39. The monoisotopic (exact) mass is 444 g/mol. The minimum atomic E-state index is -0.307. The molecule has 168 valence electrons. The molecular weight excluding hydrogens is 419 g/mol. The van der Waals surface area contributed by atoms with Crippen molar-refractivity contribution >= 4 is 5.96 Å². The van der Waals surface area contributed by atoms with Crippen molar-refractivity contribution in [3.05, 3.63) is 102 Å². The fourth-order valence-electron chi connectivity index (χ4n) is 3.21. The predicted octanol–water partition coefficient (Wildman–Crippen LogP) is 4.11. The van der Waals surface area contributed by atoms with E-state index < -0.39 is 0 Å². The Bertz CT molecular complexity index is 1170. The summed E-state index contributed by atoms with van der Waals surface area (Å²) in [7, 11) is 1.74. The van der Waals surface area contributed by atoms with Crippen LogP contribution in [0, 0.1) is 5.82 Å². The van der Waals surface area contributed by atoms with Crippen molar-refractivity contribution in [3.8, 4) is 17.3 Å². The molecule has 7 nitrogen and oxygen atoms in total. The Labute approximate surface area is 192 Å². The number of hydrogen-bond donors (Lipinski definition) is 2. The standard InChI is InChI=1S/C25H25FN6O/c1-27-25(29-15-11-19-3-7-22(8-4-19)32-16-2-13-31-32)30-18-20-12-14-28-24(17-20)33-23-9-5-21(26)6-10-23/h2-10,12-14,16-17H,11,15,18H2,1H3,(H2,27,29,30). The molecule has 0 spiro atoms. The smallest absolute Gasteiger partial charge is 0.219 e. The summed E-state index contributed by atoms with van der Waals surface area (Å²) < 4.78 is 20.6. The highest BCUT2D eigenvalue weighted by Gasteiger charge is 2.04. The SMILES string of the molecule is CN=C(NCCc1ccc(-n2cccn2)cc1)NCc1ccnc(Oc2ccc(F)cc2)c1. The van der Waals surface area contributed by atoms with Crippen LogP contribution in [0.25, 0.3) is 5.69 Å². The number of halogens is 1. The lowest BCUT2D eigenvalue weighted by atomic mass is 10.1. The Balaban J connectivity index is 1.24. The summed E-state index contributed by atoms with van der Waals surface area (Å²) in [5, 5.41) is 10.9. The van der Waals surface area contributed by atoms with Crippen LogP contribution in [0.4, 0.5) is 4.39 Å². The molecule has 0 atom stereocenters. The second-order valence-electron chi connectivity index (χ2n) is 7.28. The lowest BCUT2D eigenvalue weighted by Crippen LogP contribution is -2.37. The number of ether oxygens (including phenoxy) is 1. The second kappa shape index (κ2) is 10.9. The average molecular weight is 445 g/mol. The summed E-state index contributed by atoms with van der Waals surface area (Å²) in [5.41, 5.74) is 3.25. The molecule has 2 heterocycles. The van der Waals surface area contributed by atoms with Gasteiger partial charge in [0.1, 0.15) is 11.6 Å². The molecule has 2 aromatic carbocycles. The molecule has 0 aliphatic carbocycles. The largest absolute Gasteiger partial charge is 0.439 e. The summed E-state index contributed by atoms with van der Waals surface area (Å²) in [5.74, 6) is 1.38. The Morgan fingerprint density at radius 2 is 1.82 bits per heavy atom. The van der Waals surface area contributed by atoms with Gasteiger partial charge < -0.3 is 15.4 Å². The third-order valence-corrected chi connectivity index (χ3v) is 4.93. The van der Waals surface area contributed by atoms with Crippen LogP contribution < -0.4 is 15.4 Å². The van der Waals surface area contributed by atoms with Crippen LogP contribution in [-0.4, -0.2) is 34.3 Å². The molecule has 0 fully saturated rings. The first-order valence-corrected chi connectivity index (χ1v) is 10.6. The van der Waals surface area contributed by atoms with E-state index in [9.17, 15) is 4.39 Å². The van der Waals surface area contributed by atoms with E-state index in [0.717, 1.165) is 24.2 Å². The number of aromatic nitrogens is 3. The summed E-state index contributed by atoms with van der Waals surface area (Å²) in [6.45, 7) is 1.30. The minimum Gasteiger partial charge on any atom is -0.439 e. The highest BCUT2D eigenvalue weighted by Crippen LogP contribution is 2.20. The number of pyridine rings is 1. The van der Waals surface area contributed by atoms with Crippen LogP contribution >= 0.6 is 0 Å². The van der Waals surface area contributed by atoms with Gasteiger partial charge in [-0.1, -0.05) is 12.1 Å². The number of aliphatic imine (C=N–C) groups is 1. The first-order chi connectivity index (χ1) is 16.2. The van der Waals surface area contributed by atoms with Gasteiger partial charge in [0, 0.05) is 44.8 Å². The molecule has 0 bridgehead atoms. The zero-order chi connectivity index (χ0) is 22.9. The van der Waals surface area contributed by atoms with Crippen molar-refractivity contribution in [1.82, 2.24) is 25.4 Å². The molecule has 2 N–H and O–H groups in total. The minimum absolute atomic E-state index is 0.307. The molecule has 0 radical (unpaired) electrons. The van der Waals surface area contributed by atoms with Crippen molar-refractivity contribution in [2.24, 2.45) is 4.99 Å². The van der Waals surface area contributed by atoms with E-state index in [1.807, 2.05) is 29.1 Å². The summed E-state index contributed by atoms with van der Waals surface area (Å²) in [6.07, 6.45) is 6.23. The van der Waals surface area contributed by atoms with Gasteiger partial charge in [0.25, 0.3) is 0 Å². The zero-order valence-corrected chi connectivity index (χ0v) is 18.3. The normalized spacial score (nSPS) is 11.3. The number of hydrogen-bond acceptors (Lipinski definition) is 4. The molecule has 0 amide bonds. The number of nitrogens with zero attached hydrogens (tertiary/aromatic N) is 4. The van der Waals surface area contributed by atoms with Crippen molar-refractivity contribution in [1.29, 1.82) is 0 Å². The van der Waals surface area contributed by atoms with E-state index in [0.29, 0.717) is 24.1 Å². The molecule has 0 aliphatic heterocycles. The molecule has 0 aliphatic rings. The Morgan fingerprint density at radius 1 is 1.00 bits per heavy atom. The second-order valence-corrected chi connectivity index (χ2v) is 7.28. The lowest BCUT2D eigenvalue weighted by molar-refractivity contribution is 0.460. The summed E-state index contributed by atoms with van der Waals surface area (Å²) in [6, 6.07) is 19.8. The van der Waals surface area contributed by atoms with Crippen LogP contribution in [0.5, 0.6) is 11.6 Å². The Morgan fingerprint density at radius 3 is 2.55 bits per heavy atom. The van der Waals surface area contributed by atoms with Crippen molar-refractivity contribution in [2.45, 2.75) is 13.0 Å². The molecule has 2 aromatic heterocycles. The van der Waals surface area contributed by atoms with E-state index >= 15 is 0 Å². The fraction of sp³-hybridized carbons (Fsp3) is 0.160. The van der Waals surface area contributed by atoms with E-state index in [2.05, 4.69) is 50.0 Å². The highest BCUT2D eigenvalue weighted by molar-refractivity contribution is 5.79. The first-order valence-electron chi connectivity index (χ1n) is 10.6. The van der Waals surface area contributed by atoms with E-state index in [-0.39, 0.29) is 5.82 Å². The van der Waals surface area contributed by atoms with E-state index in [1.54, 1.807) is 31.6 Å². The number of nitrogens with one attached hydrogen (secondary N) is 2. The Kier molecular flexibility index (Phi) is 7.27. The van der Waals surface area contributed by atoms with Crippen LogP contribution in [0.15, 0.2) is 90.3 Å². The third-order valence-electron chi connectivity index (χ3n) is 4.93. The highest BCUT2D eigenvalue weighted by atomic mass is 19.1. The molecule has 4 rings (SSSR count). The van der Waals surface area contributed by atoms with Gasteiger partial charge in [-0.05, 0) is 66.1 Å². The molecule has 8 heteroatoms. The molecule has 0 saturated carbocycles. The van der Waals surface area contributed by atoms with Gasteiger partial charge in [-0.15, -0.1) is 0 Å². The predicted molar refractivity (Wildman–Crippen MR) is 126 cm³/mol. The fourth-order valence-corrected chi connectivity index (χ4v) is 3.21. The zero-order valence-electron chi connectivity index (χ0n) is 18.3. The quantitative estimate of drug-likeness (QED) is 0.316. The molecular formula is C25H25FN6O. The topological polar surface area (TPSA) is 76.4 Å². The number of benzene rings is 2. The van der Waals surface area contributed by atoms with E-state index in [1.165, 1.54) is 17.7 Å². The maximum atomic E-state index is 13.1. The van der Waals surface area contributed by atoms with Crippen LogP contribution in [0.3, 0.4) is 0 Å². The van der Waals surface area contributed by atoms with Crippen LogP contribution in [-0.2, 0) is 13.0 Å². The average Bonchev–Trinajstić information content (AvgIpc) is 3.38. The molecule has 33 heavy (non-hydrogen) atoms. The van der Waals surface area contributed by atoms with E-state index in [4.69, 9.17) is 4.74 Å². The van der Waals surface area contributed by atoms with Crippen molar-refractivity contribution < 1.29 is 9.13 Å². The van der Waals surface area contributed by atoms with Gasteiger partial charge in [-0.25, -0.2) is 14.1 Å². The van der Waals surface area contributed by atoms with Gasteiger partial charge in [0.05, 0.1) is 5.69 Å². The summed E-state index contributed by atoms with van der Waals surface area (Å²) >= 11 is 0. The van der Waals surface area contributed by atoms with Crippen molar-refractivity contribution in [3.63, 3.8) is 0 Å². The number of rotatable bonds is 8. The van der Waals surface area contributed by atoms with Gasteiger partial charge in [0.2, 0.25) is 5.88 Å². The van der Waals surface area contributed by atoms with Crippen LogP contribution in [0.1, 0.15) is 11.1 Å². The van der Waals surface area contributed by atoms with Gasteiger partial charge in [-0.3, -0.25) is 4.99 Å².